The highest BCUT2D eigenvalue weighted by atomic mass is 16.5. The fourth-order valence-electron chi connectivity index (χ4n) is 3.60. The molecule has 2 N–H and O–H groups in total. The number of aromatic nitrogens is 2. The molecule has 1 aliphatic carbocycles. The molecule has 27 heavy (non-hydrogen) atoms. The van der Waals surface area contributed by atoms with Gasteiger partial charge in [0.15, 0.2) is 5.82 Å². The quantitative estimate of drug-likeness (QED) is 0.766. The van der Waals surface area contributed by atoms with Crippen molar-refractivity contribution in [2.75, 3.05) is 0 Å². The zero-order valence-electron chi connectivity index (χ0n) is 15.4. The number of aliphatic carboxylic acids is 1. The van der Waals surface area contributed by atoms with Crippen LogP contribution in [0.15, 0.2) is 34.9 Å². The van der Waals surface area contributed by atoms with Crippen LogP contribution in [0.25, 0.3) is 0 Å². The summed E-state index contributed by atoms with van der Waals surface area (Å²) in [6.45, 7) is 4.35. The topological polar surface area (TPSA) is 115 Å². The van der Waals surface area contributed by atoms with Gasteiger partial charge in [-0.05, 0) is 23.8 Å². The van der Waals surface area contributed by atoms with E-state index >= 15 is 0 Å². The molecule has 0 spiro atoms. The summed E-state index contributed by atoms with van der Waals surface area (Å²) < 4.78 is 10.5. The number of carboxylic acids is 1. The molecular weight excluding hydrogens is 350 g/mol. The van der Waals surface area contributed by atoms with Gasteiger partial charge in [0.2, 0.25) is 5.89 Å². The van der Waals surface area contributed by atoms with Crippen LogP contribution in [0.3, 0.4) is 0 Å². The number of aryl methyl sites for hydroxylation is 1. The molecule has 0 aliphatic heterocycles. The Bertz CT molecular complexity index is 808. The number of nitrogens with one attached hydrogen (secondary N) is 1. The van der Waals surface area contributed by atoms with Gasteiger partial charge in [-0.15, -0.1) is 0 Å². The Hall–Kier alpha value is -2.90. The van der Waals surface area contributed by atoms with Crippen molar-refractivity contribution >= 4 is 12.1 Å². The molecule has 1 aromatic heterocycles. The summed E-state index contributed by atoms with van der Waals surface area (Å²) in [5, 5.41) is 15.6. The lowest BCUT2D eigenvalue weighted by Crippen LogP contribution is -2.58. The average molecular weight is 373 g/mol. The van der Waals surface area contributed by atoms with Crippen LogP contribution in [0.4, 0.5) is 4.79 Å². The highest BCUT2D eigenvalue weighted by molar-refractivity contribution is 5.69. The maximum absolute atomic E-state index is 12.3. The molecule has 1 heterocycles. The van der Waals surface area contributed by atoms with E-state index in [1.807, 2.05) is 30.3 Å². The number of carbonyl (C=O) groups excluding carboxylic acids is 1. The molecule has 3 rings (SSSR count). The molecule has 8 heteroatoms. The molecule has 0 unspecified atom stereocenters. The van der Waals surface area contributed by atoms with Crippen LogP contribution >= 0.6 is 0 Å². The minimum absolute atomic E-state index is 0.0224. The van der Waals surface area contributed by atoms with Gasteiger partial charge in [0, 0.05) is 6.42 Å². The van der Waals surface area contributed by atoms with Gasteiger partial charge in [-0.1, -0.05) is 49.3 Å². The van der Waals surface area contributed by atoms with E-state index in [1.54, 1.807) is 0 Å². The monoisotopic (exact) mass is 373 g/mol. The molecule has 2 aromatic rings. The third kappa shape index (κ3) is 4.64. The van der Waals surface area contributed by atoms with E-state index < -0.39 is 17.6 Å². The molecule has 0 atom stereocenters. The molecule has 144 valence electrons. The van der Waals surface area contributed by atoms with Crippen molar-refractivity contribution < 1.29 is 24.0 Å². The van der Waals surface area contributed by atoms with E-state index in [1.165, 1.54) is 0 Å². The number of hydrogen-bond donors (Lipinski definition) is 2. The first-order chi connectivity index (χ1) is 12.8. The van der Waals surface area contributed by atoms with Crippen molar-refractivity contribution in [1.82, 2.24) is 15.5 Å². The summed E-state index contributed by atoms with van der Waals surface area (Å²) in [4.78, 5) is 27.3. The Balaban J connectivity index is 1.66. The maximum Gasteiger partial charge on any atom is 0.408 e. The number of carboxylic acid groups (broad SMARTS) is 1. The van der Waals surface area contributed by atoms with E-state index in [0.717, 1.165) is 5.56 Å². The number of carbonyl (C=O) groups is 2. The Morgan fingerprint density at radius 2 is 1.96 bits per heavy atom. The summed E-state index contributed by atoms with van der Waals surface area (Å²) in [5.41, 5.74) is 0.155. The van der Waals surface area contributed by atoms with Crippen LogP contribution in [-0.4, -0.2) is 27.3 Å². The summed E-state index contributed by atoms with van der Waals surface area (Å²) in [6, 6.07) is 9.41. The van der Waals surface area contributed by atoms with Gasteiger partial charge in [0.25, 0.3) is 0 Å². The first-order valence-electron chi connectivity index (χ1n) is 8.82. The molecule has 1 fully saturated rings. The van der Waals surface area contributed by atoms with Crippen LogP contribution in [0.5, 0.6) is 0 Å². The predicted octanol–water partition coefficient (Wildman–Crippen LogP) is 3.03. The molecule has 1 aromatic carbocycles. The van der Waals surface area contributed by atoms with E-state index in [-0.39, 0.29) is 30.8 Å². The van der Waals surface area contributed by atoms with Crippen molar-refractivity contribution in [3.63, 3.8) is 0 Å². The number of alkyl carbamates (subject to hydrolysis) is 1. The fourth-order valence-corrected chi connectivity index (χ4v) is 3.60. The predicted molar refractivity (Wildman–Crippen MR) is 94.7 cm³/mol. The number of ether oxygens (including phenoxy) is 1. The number of amides is 1. The van der Waals surface area contributed by atoms with Crippen LogP contribution in [0, 0.1) is 5.41 Å². The van der Waals surface area contributed by atoms with Gasteiger partial charge in [-0.25, -0.2) is 4.79 Å². The van der Waals surface area contributed by atoms with Gasteiger partial charge in [-0.3, -0.25) is 4.79 Å². The molecule has 1 aliphatic rings. The van der Waals surface area contributed by atoms with E-state index in [0.29, 0.717) is 18.7 Å². The Morgan fingerprint density at radius 3 is 2.59 bits per heavy atom. The zero-order chi connectivity index (χ0) is 19.5. The molecule has 0 saturated heterocycles. The van der Waals surface area contributed by atoms with Gasteiger partial charge in [0.1, 0.15) is 12.1 Å². The first kappa shape index (κ1) is 18.9. The van der Waals surface area contributed by atoms with Crippen LogP contribution in [-0.2, 0) is 28.1 Å². The summed E-state index contributed by atoms with van der Waals surface area (Å²) >= 11 is 0. The van der Waals surface area contributed by atoms with Crippen molar-refractivity contribution in [2.24, 2.45) is 5.41 Å². The van der Waals surface area contributed by atoms with Crippen molar-refractivity contribution in [1.29, 1.82) is 0 Å². The van der Waals surface area contributed by atoms with Gasteiger partial charge in [-0.2, -0.15) is 4.98 Å². The number of rotatable bonds is 7. The first-order valence-corrected chi connectivity index (χ1v) is 8.82. The molecule has 0 bridgehead atoms. The number of benzene rings is 1. The van der Waals surface area contributed by atoms with E-state index in [4.69, 9.17) is 14.4 Å². The van der Waals surface area contributed by atoms with Crippen molar-refractivity contribution in [2.45, 2.75) is 51.7 Å². The molecule has 1 amide bonds. The van der Waals surface area contributed by atoms with Gasteiger partial charge in [0.05, 0.1) is 6.42 Å². The lowest BCUT2D eigenvalue weighted by Gasteiger charge is -2.51. The standard InChI is InChI=1S/C19H23N3O5/c1-18(2)11-19(12-18,16-20-14(27-22-16)8-9-15(23)24)21-17(25)26-10-13-6-4-3-5-7-13/h3-7H,8-12H2,1-2H3,(H,21,25)(H,23,24). The molecule has 0 radical (unpaired) electrons. The molecule has 1 saturated carbocycles. The fraction of sp³-hybridized carbons (Fsp3) is 0.474. The summed E-state index contributed by atoms with van der Waals surface area (Å²) in [5.74, 6) is -0.327. The second-order valence-electron chi connectivity index (χ2n) is 7.69. The number of nitrogens with zero attached hydrogens (tertiary/aromatic N) is 2. The number of hydrogen-bond acceptors (Lipinski definition) is 6. The van der Waals surface area contributed by atoms with Crippen LogP contribution < -0.4 is 5.32 Å². The van der Waals surface area contributed by atoms with E-state index in [9.17, 15) is 9.59 Å². The SMILES string of the molecule is CC1(C)CC(NC(=O)OCc2ccccc2)(c2noc(CCC(=O)O)n2)C1. The highest BCUT2D eigenvalue weighted by Gasteiger charge is 2.54. The second-order valence-corrected chi connectivity index (χ2v) is 7.69. The Morgan fingerprint density at radius 1 is 1.26 bits per heavy atom. The van der Waals surface area contributed by atoms with Crippen LogP contribution in [0.2, 0.25) is 0 Å². The maximum atomic E-state index is 12.3. The zero-order valence-corrected chi connectivity index (χ0v) is 15.4. The normalized spacial score (nSPS) is 17.0. The molecule has 8 nitrogen and oxygen atoms in total. The third-order valence-electron chi connectivity index (χ3n) is 4.56. The average Bonchev–Trinajstić information content (AvgIpc) is 3.07. The highest BCUT2D eigenvalue weighted by Crippen LogP contribution is 2.52. The Kier molecular flexibility index (Phi) is 5.16. The largest absolute Gasteiger partial charge is 0.481 e. The molecular formula is C19H23N3O5. The minimum atomic E-state index is -0.933. The summed E-state index contributed by atoms with van der Waals surface area (Å²) in [6.07, 6.45) is 0.787. The van der Waals surface area contributed by atoms with Crippen molar-refractivity contribution in [3.8, 4) is 0 Å². The van der Waals surface area contributed by atoms with Gasteiger partial charge < -0.3 is 19.7 Å². The Labute approximate surface area is 156 Å². The third-order valence-corrected chi connectivity index (χ3v) is 4.56. The second kappa shape index (κ2) is 7.38. The lowest BCUT2D eigenvalue weighted by molar-refractivity contribution is -0.137. The van der Waals surface area contributed by atoms with Gasteiger partial charge >= 0.3 is 12.1 Å². The van der Waals surface area contributed by atoms with Crippen LogP contribution in [0.1, 0.15) is 50.4 Å². The van der Waals surface area contributed by atoms with E-state index in [2.05, 4.69) is 29.3 Å². The van der Waals surface area contributed by atoms with Crippen molar-refractivity contribution in [3.05, 3.63) is 47.6 Å². The summed E-state index contributed by atoms with van der Waals surface area (Å²) in [7, 11) is 0. The smallest absolute Gasteiger partial charge is 0.408 e. The lowest BCUT2D eigenvalue weighted by atomic mass is 9.59. The minimum Gasteiger partial charge on any atom is -0.481 e.